The highest BCUT2D eigenvalue weighted by Crippen LogP contribution is 2.45. The molecule has 17 nitrogen and oxygen atoms in total. The molecule has 3 N–H and O–H groups in total. The second kappa shape index (κ2) is 78.2. The molecular formula is C86H164O17P2. The number of aliphatic hydroxyl groups is 1. The third-order valence-electron chi connectivity index (χ3n) is 20.0. The SMILES string of the molecule is CCCCCC/C=C\C=C/CCCCCCCC(=O)O[C@H](COC(=O)CCCCCCCCCCCCC)COP(=O)(O)OC[C@H](O)COP(=O)(O)OC[C@@H](COC(=O)CCCCCCCCCCCCCCCCC(C)CC)OC(=O)CCCCCCCCCCCCCCCCCCCCCCC. The number of hydrogen-bond acceptors (Lipinski definition) is 15. The highest BCUT2D eigenvalue weighted by Gasteiger charge is 2.30. The first-order chi connectivity index (χ1) is 51.1. The van der Waals surface area contributed by atoms with Crippen LogP contribution in [-0.2, 0) is 65.4 Å². The van der Waals surface area contributed by atoms with Crippen molar-refractivity contribution in [3.63, 3.8) is 0 Å². The van der Waals surface area contributed by atoms with E-state index in [4.69, 9.17) is 37.0 Å². The van der Waals surface area contributed by atoms with Gasteiger partial charge >= 0.3 is 39.5 Å². The molecule has 0 aromatic carbocycles. The van der Waals surface area contributed by atoms with Crippen LogP contribution in [-0.4, -0.2) is 96.7 Å². The van der Waals surface area contributed by atoms with Crippen LogP contribution in [0, 0.1) is 5.92 Å². The van der Waals surface area contributed by atoms with Crippen LogP contribution < -0.4 is 0 Å². The van der Waals surface area contributed by atoms with E-state index in [9.17, 15) is 43.2 Å². The molecule has 0 spiro atoms. The summed E-state index contributed by atoms with van der Waals surface area (Å²) in [5, 5.41) is 10.7. The minimum Gasteiger partial charge on any atom is -0.462 e. The minimum atomic E-state index is -4.97. The van der Waals surface area contributed by atoms with Crippen molar-refractivity contribution in [3.05, 3.63) is 24.3 Å². The van der Waals surface area contributed by atoms with Crippen molar-refractivity contribution in [1.29, 1.82) is 0 Å². The van der Waals surface area contributed by atoms with E-state index in [-0.39, 0.29) is 25.7 Å². The Labute approximate surface area is 643 Å². The fraction of sp³-hybridized carbons (Fsp3) is 0.907. The van der Waals surface area contributed by atoms with Crippen LogP contribution in [0.5, 0.6) is 0 Å². The molecule has 0 heterocycles. The lowest BCUT2D eigenvalue weighted by Crippen LogP contribution is -2.30. The van der Waals surface area contributed by atoms with Crippen LogP contribution in [0.25, 0.3) is 0 Å². The largest absolute Gasteiger partial charge is 0.472 e. The van der Waals surface area contributed by atoms with Crippen LogP contribution >= 0.6 is 15.6 Å². The van der Waals surface area contributed by atoms with Crippen LogP contribution in [0.2, 0.25) is 0 Å². The zero-order chi connectivity index (χ0) is 76.9. The molecule has 0 radical (unpaired) electrons. The number of allylic oxidation sites excluding steroid dienone is 4. The number of aliphatic hydroxyl groups excluding tert-OH is 1. The maximum absolute atomic E-state index is 13.1. The lowest BCUT2D eigenvalue weighted by molar-refractivity contribution is -0.161. The number of esters is 4. The van der Waals surface area contributed by atoms with Gasteiger partial charge in [-0.1, -0.05) is 386 Å². The smallest absolute Gasteiger partial charge is 0.462 e. The zero-order valence-corrected chi connectivity index (χ0v) is 70.1. The number of ether oxygens (including phenoxy) is 4. The Morgan fingerprint density at radius 1 is 0.305 bits per heavy atom. The number of carbonyl (C=O) groups is 4. The molecular weight excluding hydrogens is 1370 g/mol. The van der Waals surface area contributed by atoms with Crippen LogP contribution in [0.3, 0.4) is 0 Å². The molecule has 0 rings (SSSR count). The van der Waals surface area contributed by atoms with Gasteiger partial charge in [0.1, 0.15) is 19.3 Å². The topological polar surface area (TPSA) is 237 Å². The van der Waals surface area contributed by atoms with Gasteiger partial charge in [0.2, 0.25) is 0 Å². The Hall–Kier alpha value is -2.46. The number of hydrogen-bond donors (Lipinski definition) is 3. The average Bonchev–Trinajstić information content (AvgIpc) is 0.955. The molecule has 19 heteroatoms. The van der Waals surface area contributed by atoms with E-state index >= 15 is 0 Å². The van der Waals surface area contributed by atoms with Gasteiger partial charge < -0.3 is 33.8 Å². The number of carbonyl (C=O) groups excluding carboxylic acids is 4. The summed E-state index contributed by atoms with van der Waals surface area (Å²) in [6, 6.07) is 0. The molecule has 0 saturated heterocycles. The summed E-state index contributed by atoms with van der Waals surface area (Å²) in [4.78, 5) is 73.2. The summed E-state index contributed by atoms with van der Waals surface area (Å²) in [6.45, 7) is 7.34. The normalized spacial score (nSPS) is 14.2. The number of phosphoric ester groups is 2. The molecule has 0 bridgehead atoms. The minimum absolute atomic E-state index is 0.0857. The molecule has 6 atom stereocenters. The summed E-state index contributed by atoms with van der Waals surface area (Å²) >= 11 is 0. The van der Waals surface area contributed by atoms with E-state index in [1.165, 1.54) is 250 Å². The summed E-state index contributed by atoms with van der Waals surface area (Å²) in [6.07, 6.45) is 74.3. The van der Waals surface area contributed by atoms with Gasteiger partial charge in [0.15, 0.2) is 12.2 Å². The zero-order valence-electron chi connectivity index (χ0n) is 68.4. The van der Waals surface area contributed by atoms with E-state index < -0.39 is 97.5 Å². The predicted octanol–water partition coefficient (Wildman–Crippen LogP) is 25.9. The standard InChI is InChI=1S/C86H164O17P2/c1-6-10-13-16-19-22-25-27-29-30-31-32-33-34-36-42-47-52-57-62-67-72-86(91)103-82(76-97-84(89)70-65-60-55-50-45-40-38-37-39-44-48-53-58-63-68-79(5)9-4)78-101-105(94,95)99-74-80(87)73-98-104(92,93)100-77-81(75-96-83(88)69-64-59-54-49-43-24-21-18-15-12-8-3)102-85(90)71-66-61-56-51-46-41-35-28-26-23-20-17-14-11-7-2/h23,26,28,35,79-82,87H,6-22,24-25,27,29-34,36-78H2,1-5H3,(H,92,93)(H,94,95)/b26-23-,35-28-/t79?,80-,81+,82+/m0/s1. The Kier molecular flexibility index (Phi) is 76.4. The van der Waals surface area contributed by atoms with Gasteiger partial charge in [-0.25, -0.2) is 9.13 Å². The van der Waals surface area contributed by atoms with E-state index in [1.54, 1.807) is 0 Å². The first-order valence-electron chi connectivity index (χ1n) is 44.0. The van der Waals surface area contributed by atoms with E-state index in [0.717, 1.165) is 109 Å². The van der Waals surface area contributed by atoms with Crippen molar-refractivity contribution >= 4 is 39.5 Å². The van der Waals surface area contributed by atoms with Gasteiger partial charge in [-0.3, -0.25) is 37.3 Å². The maximum Gasteiger partial charge on any atom is 0.472 e. The van der Waals surface area contributed by atoms with Crippen molar-refractivity contribution in [1.82, 2.24) is 0 Å². The highest BCUT2D eigenvalue weighted by molar-refractivity contribution is 7.47. The summed E-state index contributed by atoms with van der Waals surface area (Å²) in [5.74, 6) is -1.28. The van der Waals surface area contributed by atoms with Gasteiger partial charge in [-0.15, -0.1) is 0 Å². The monoisotopic (exact) mass is 1530 g/mol. The second-order valence-corrected chi connectivity index (χ2v) is 33.4. The highest BCUT2D eigenvalue weighted by atomic mass is 31.2. The van der Waals surface area contributed by atoms with Crippen molar-refractivity contribution < 1.29 is 80.2 Å². The fourth-order valence-electron chi connectivity index (χ4n) is 12.9. The van der Waals surface area contributed by atoms with Crippen LogP contribution in [0.15, 0.2) is 24.3 Å². The van der Waals surface area contributed by atoms with E-state index in [1.807, 2.05) is 0 Å². The first kappa shape index (κ1) is 103. The van der Waals surface area contributed by atoms with Crippen LogP contribution in [0.1, 0.15) is 439 Å². The summed E-state index contributed by atoms with van der Waals surface area (Å²) in [5.41, 5.74) is 0. The fourth-order valence-corrected chi connectivity index (χ4v) is 14.5. The van der Waals surface area contributed by atoms with Gasteiger partial charge in [0.25, 0.3) is 0 Å². The molecule has 0 aromatic rings. The molecule has 105 heavy (non-hydrogen) atoms. The third-order valence-corrected chi connectivity index (χ3v) is 21.9. The molecule has 0 aromatic heterocycles. The van der Waals surface area contributed by atoms with Gasteiger partial charge in [-0.2, -0.15) is 0 Å². The van der Waals surface area contributed by atoms with Crippen molar-refractivity contribution in [2.75, 3.05) is 39.6 Å². The van der Waals surface area contributed by atoms with Gasteiger partial charge in [0.05, 0.1) is 26.4 Å². The quantitative estimate of drug-likeness (QED) is 0.0169. The van der Waals surface area contributed by atoms with Crippen LogP contribution in [0.4, 0.5) is 0 Å². The molecule has 620 valence electrons. The van der Waals surface area contributed by atoms with Crippen molar-refractivity contribution in [2.45, 2.75) is 457 Å². The molecule has 0 aliphatic rings. The average molecular weight is 1530 g/mol. The van der Waals surface area contributed by atoms with Gasteiger partial charge in [-0.05, 0) is 57.3 Å². The van der Waals surface area contributed by atoms with Gasteiger partial charge in [0, 0.05) is 25.7 Å². The molecule has 0 amide bonds. The Balaban J connectivity index is 5.27. The molecule has 3 unspecified atom stereocenters. The van der Waals surface area contributed by atoms with E-state index in [2.05, 4.69) is 58.9 Å². The summed E-state index contributed by atoms with van der Waals surface area (Å²) in [7, 11) is -9.94. The maximum atomic E-state index is 13.1. The molecule has 0 saturated carbocycles. The van der Waals surface area contributed by atoms with E-state index in [0.29, 0.717) is 25.7 Å². The first-order valence-corrected chi connectivity index (χ1v) is 47.0. The van der Waals surface area contributed by atoms with Crippen molar-refractivity contribution in [2.24, 2.45) is 5.92 Å². The Morgan fingerprint density at radius 2 is 0.533 bits per heavy atom. The number of phosphoric acid groups is 2. The number of rotatable bonds is 84. The lowest BCUT2D eigenvalue weighted by atomic mass is 9.99. The molecule has 0 fully saturated rings. The third kappa shape index (κ3) is 78.0. The molecule has 0 aliphatic heterocycles. The Morgan fingerprint density at radius 3 is 0.810 bits per heavy atom. The summed E-state index contributed by atoms with van der Waals surface area (Å²) < 4.78 is 68.8. The second-order valence-electron chi connectivity index (χ2n) is 30.5. The predicted molar refractivity (Wildman–Crippen MR) is 432 cm³/mol. The Bertz CT molecular complexity index is 2090. The number of unbranched alkanes of at least 4 members (excludes halogenated alkanes) is 52. The molecule has 0 aliphatic carbocycles. The van der Waals surface area contributed by atoms with Crippen molar-refractivity contribution in [3.8, 4) is 0 Å². The lowest BCUT2D eigenvalue weighted by Gasteiger charge is -2.21.